The van der Waals surface area contributed by atoms with Gasteiger partial charge in [-0.2, -0.15) is 0 Å². The van der Waals surface area contributed by atoms with Gasteiger partial charge < -0.3 is 11.1 Å². The number of hydrogen-bond acceptors (Lipinski definition) is 2. The molecule has 1 amide bonds. The summed E-state index contributed by atoms with van der Waals surface area (Å²) in [5, 5.41) is 2.86. The number of halogens is 1. The zero-order chi connectivity index (χ0) is 12.5. The average molecular weight is 271 g/mol. The summed E-state index contributed by atoms with van der Waals surface area (Å²) in [5.41, 5.74) is 7.91. The highest BCUT2D eigenvalue weighted by Crippen LogP contribution is 2.07. The third-order valence-electron chi connectivity index (χ3n) is 2.78. The van der Waals surface area contributed by atoms with Gasteiger partial charge in [-0.3, -0.25) is 4.79 Å². The Kier molecular flexibility index (Phi) is 9.33. The summed E-state index contributed by atoms with van der Waals surface area (Å²) in [6.45, 7) is 3.45. The highest BCUT2D eigenvalue weighted by Gasteiger charge is 2.01. The molecule has 0 aliphatic rings. The van der Waals surface area contributed by atoms with E-state index in [1.54, 1.807) is 0 Å². The van der Waals surface area contributed by atoms with Crippen LogP contribution in [0.1, 0.15) is 30.9 Å². The van der Waals surface area contributed by atoms with E-state index in [4.69, 9.17) is 5.73 Å². The van der Waals surface area contributed by atoms with Gasteiger partial charge in [-0.05, 0) is 36.9 Å². The third kappa shape index (κ3) is 6.62. The molecule has 102 valence electrons. The molecule has 0 radical (unpaired) electrons. The van der Waals surface area contributed by atoms with Crippen LogP contribution in [0.5, 0.6) is 0 Å². The second-order valence-corrected chi connectivity index (χ2v) is 4.16. The third-order valence-corrected chi connectivity index (χ3v) is 2.78. The van der Waals surface area contributed by atoms with Gasteiger partial charge in [0.05, 0.1) is 0 Å². The number of rotatable bonds is 7. The molecule has 1 aromatic carbocycles. The van der Waals surface area contributed by atoms with Crippen LogP contribution in [0.15, 0.2) is 24.3 Å². The van der Waals surface area contributed by atoms with Gasteiger partial charge in [0.2, 0.25) is 5.91 Å². The minimum absolute atomic E-state index is 0. The van der Waals surface area contributed by atoms with E-state index >= 15 is 0 Å². The number of aryl methyl sites for hydroxylation is 2. The molecule has 0 unspecified atom stereocenters. The summed E-state index contributed by atoms with van der Waals surface area (Å²) in [4.78, 5) is 11.5. The van der Waals surface area contributed by atoms with Gasteiger partial charge in [-0.1, -0.05) is 31.2 Å². The number of carbonyl (C=O) groups excluding carboxylic acids is 1. The lowest BCUT2D eigenvalue weighted by atomic mass is 10.1. The van der Waals surface area contributed by atoms with Crippen LogP contribution in [0.25, 0.3) is 0 Å². The first-order chi connectivity index (χ1) is 8.26. The number of nitrogens with two attached hydrogens (primary N) is 1. The monoisotopic (exact) mass is 270 g/mol. The summed E-state index contributed by atoms with van der Waals surface area (Å²) in [6, 6.07) is 8.46. The molecule has 0 saturated carbocycles. The molecule has 18 heavy (non-hydrogen) atoms. The van der Waals surface area contributed by atoms with E-state index in [9.17, 15) is 4.79 Å². The summed E-state index contributed by atoms with van der Waals surface area (Å²) in [5.74, 6) is 0.109. The molecule has 1 rings (SSSR count). The van der Waals surface area contributed by atoms with Crippen LogP contribution in [0.2, 0.25) is 0 Å². The number of carbonyl (C=O) groups is 1. The van der Waals surface area contributed by atoms with Crippen molar-refractivity contribution in [3.05, 3.63) is 35.4 Å². The highest BCUT2D eigenvalue weighted by atomic mass is 35.5. The van der Waals surface area contributed by atoms with E-state index in [-0.39, 0.29) is 18.3 Å². The first kappa shape index (κ1) is 16.9. The van der Waals surface area contributed by atoms with Crippen LogP contribution in [-0.4, -0.2) is 19.0 Å². The fourth-order valence-corrected chi connectivity index (χ4v) is 1.62. The van der Waals surface area contributed by atoms with E-state index < -0.39 is 0 Å². The van der Waals surface area contributed by atoms with Gasteiger partial charge in [-0.15, -0.1) is 12.4 Å². The van der Waals surface area contributed by atoms with Gasteiger partial charge >= 0.3 is 0 Å². The first-order valence-electron chi connectivity index (χ1n) is 6.31. The smallest absolute Gasteiger partial charge is 0.220 e. The maximum absolute atomic E-state index is 11.5. The molecule has 3 nitrogen and oxygen atoms in total. The molecule has 0 atom stereocenters. The van der Waals surface area contributed by atoms with Crippen molar-refractivity contribution in [1.29, 1.82) is 0 Å². The fraction of sp³-hybridized carbons (Fsp3) is 0.500. The molecule has 0 fully saturated rings. The summed E-state index contributed by atoms with van der Waals surface area (Å²) < 4.78 is 0. The molecule has 4 heteroatoms. The van der Waals surface area contributed by atoms with E-state index in [2.05, 4.69) is 36.5 Å². The molecule has 0 saturated heterocycles. The van der Waals surface area contributed by atoms with Crippen LogP contribution in [-0.2, 0) is 17.6 Å². The van der Waals surface area contributed by atoms with E-state index in [0.29, 0.717) is 19.5 Å². The predicted molar refractivity (Wildman–Crippen MR) is 78.1 cm³/mol. The van der Waals surface area contributed by atoms with Gasteiger partial charge in [0, 0.05) is 13.0 Å². The molecule has 1 aromatic rings. The van der Waals surface area contributed by atoms with Crippen molar-refractivity contribution in [3.8, 4) is 0 Å². The summed E-state index contributed by atoms with van der Waals surface area (Å²) >= 11 is 0. The SMILES string of the molecule is CCc1ccc(CCC(=O)NCCCN)cc1.Cl. The van der Waals surface area contributed by atoms with Crippen LogP contribution in [0.4, 0.5) is 0 Å². The zero-order valence-corrected chi connectivity index (χ0v) is 11.8. The topological polar surface area (TPSA) is 55.1 Å². The molecular weight excluding hydrogens is 248 g/mol. The lowest BCUT2D eigenvalue weighted by Gasteiger charge is -2.05. The van der Waals surface area contributed by atoms with Crippen molar-refractivity contribution in [1.82, 2.24) is 5.32 Å². The Morgan fingerprint density at radius 3 is 2.39 bits per heavy atom. The van der Waals surface area contributed by atoms with Gasteiger partial charge in [0.25, 0.3) is 0 Å². The Bertz CT molecular complexity index is 338. The van der Waals surface area contributed by atoms with E-state index in [0.717, 1.165) is 19.3 Å². The van der Waals surface area contributed by atoms with Gasteiger partial charge in [0.15, 0.2) is 0 Å². The standard InChI is InChI=1S/C14H22N2O.ClH/c1-2-12-4-6-13(7-5-12)8-9-14(17)16-11-3-10-15;/h4-7H,2-3,8-11,15H2,1H3,(H,16,17);1H. The molecule has 0 heterocycles. The number of amides is 1. The highest BCUT2D eigenvalue weighted by molar-refractivity contribution is 5.85. The van der Waals surface area contributed by atoms with Crippen LogP contribution < -0.4 is 11.1 Å². The van der Waals surface area contributed by atoms with Crippen molar-refractivity contribution in [2.45, 2.75) is 32.6 Å². The van der Waals surface area contributed by atoms with Crippen molar-refractivity contribution < 1.29 is 4.79 Å². The number of nitrogens with one attached hydrogen (secondary N) is 1. The van der Waals surface area contributed by atoms with Gasteiger partial charge in [0.1, 0.15) is 0 Å². The maximum Gasteiger partial charge on any atom is 0.220 e. The lowest BCUT2D eigenvalue weighted by molar-refractivity contribution is -0.121. The Hall–Kier alpha value is -1.06. The van der Waals surface area contributed by atoms with E-state index in [1.165, 1.54) is 11.1 Å². The molecule has 0 aliphatic heterocycles. The summed E-state index contributed by atoms with van der Waals surface area (Å²) in [7, 11) is 0. The molecule has 0 bridgehead atoms. The van der Waals surface area contributed by atoms with Crippen molar-refractivity contribution in [3.63, 3.8) is 0 Å². The first-order valence-corrected chi connectivity index (χ1v) is 6.31. The molecule has 0 aromatic heterocycles. The normalized spacial score (nSPS) is 9.67. The Labute approximate surface area is 116 Å². The van der Waals surface area contributed by atoms with E-state index in [1.807, 2.05) is 0 Å². The molecule has 3 N–H and O–H groups in total. The molecule has 0 spiro atoms. The Balaban J connectivity index is 0.00000289. The second-order valence-electron chi connectivity index (χ2n) is 4.16. The number of hydrogen-bond donors (Lipinski definition) is 2. The maximum atomic E-state index is 11.5. The van der Waals surface area contributed by atoms with Crippen LogP contribution in [0.3, 0.4) is 0 Å². The van der Waals surface area contributed by atoms with Crippen LogP contribution >= 0.6 is 12.4 Å². The fourth-order valence-electron chi connectivity index (χ4n) is 1.62. The number of benzene rings is 1. The minimum Gasteiger partial charge on any atom is -0.356 e. The van der Waals surface area contributed by atoms with Crippen molar-refractivity contribution >= 4 is 18.3 Å². The van der Waals surface area contributed by atoms with Crippen molar-refractivity contribution in [2.75, 3.05) is 13.1 Å². The lowest BCUT2D eigenvalue weighted by Crippen LogP contribution is -2.26. The molecule has 0 aliphatic carbocycles. The largest absolute Gasteiger partial charge is 0.356 e. The quantitative estimate of drug-likeness (QED) is 0.746. The predicted octanol–water partition coefficient (Wildman–Crippen LogP) is 2.07. The summed E-state index contributed by atoms with van der Waals surface area (Å²) in [6.07, 6.45) is 3.26. The van der Waals surface area contributed by atoms with Crippen molar-refractivity contribution in [2.24, 2.45) is 5.73 Å². The zero-order valence-electron chi connectivity index (χ0n) is 10.9. The Morgan fingerprint density at radius 2 is 1.83 bits per heavy atom. The second kappa shape index (κ2) is 9.92. The Morgan fingerprint density at radius 1 is 1.22 bits per heavy atom. The van der Waals surface area contributed by atoms with Crippen LogP contribution in [0, 0.1) is 0 Å². The van der Waals surface area contributed by atoms with Gasteiger partial charge in [-0.25, -0.2) is 0 Å². The average Bonchev–Trinajstić information content (AvgIpc) is 2.37. The molecular formula is C14H23ClN2O. The minimum atomic E-state index is 0.